The summed E-state index contributed by atoms with van der Waals surface area (Å²) < 4.78 is 4.78. The van der Waals surface area contributed by atoms with Gasteiger partial charge in [-0.1, -0.05) is 12.8 Å². The number of esters is 1. The molecule has 1 saturated heterocycles. The number of hydrogen-bond acceptors (Lipinski definition) is 4. The molecule has 6 nitrogen and oxygen atoms in total. The van der Waals surface area contributed by atoms with Crippen molar-refractivity contribution in [3.05, 3.63) is 0 Å². The molecule has 0 bridgehead atoms. The van der Waals surface area contributed by atoms with E-state index in [1.165, 1.54) is 0 Å². The van der Waals surface area contributed by atoms with Crippen molar-refractivity contribution in [3.63, 3.8) is 0 Å². The van der Waals surface area contributed by atoms with E-state index in [1.807, 2.05) is 0 Å². The van der Waals surface area contributed by atoms with Crippen LogP contribution in [-0.2, 0) is 19.1 Å². The van der Waals surface area contributed by atoms with Gasteiger partial charge in [-0.05, 0) is 12.8 Å². The lowest BCUT2D eigenvalue weighted by Crippen LogP contribution is -2.46. The molecular weight excluding hydrogens is 236 g/mol. The van der Waals surface area contributed by atoms with Gasteiger partial charge in [0.05, 0.1) is 6.61 Å². The summed E-state index contributed by atoms with van der Waals surface area (Å²) in [5.74, 6) is -1.87. The number of rotatable bonds is 3. The predicted octanol–water partition coefficient (Wildman–Crippen LogP) is -0.290. The van der Waals surface area contributed by atoms with Gasteiger partial charge in [0, 0.05) is 18.3 Å². The Morgan fingerprint density at radius 3 is 2.39 bits per heavy atom. The van der Waals surface area contributed by atoms with E-state index >= 15 is 0 Å². The van der Waals surface area contributed by atoms with E-state index in [9.17, 15) is 14.4 Å². The molecule has 1 heterocycles. The Morgan fingerprint density at radius 1 is 1.17 bits per heavy atom. The summed E-state index contributed by atoms with van der Waals surface area (Å²) in [4.78, 5) is 34.7. The fourth-order valence-corrected chi connectivity index (χ4v) is 2.69. The molecule has 100 valence electrons. The second-order valence-electron chi connectivity index (χ2n) is 4.92. The van der Waals surface area contributed by atoms with Crippen molar-refractivity contribution in [2.75, 3.05) is 6.61 Å². The molecule has 0 aromatic carbocycles. The molecule has 1 aliphatic heterocycles. The monoisotopic (exact) mass is 254 g/mol. The molecule has 0 unspecified atom stereocenters. The number of nitrogens with two attached hydrogens (primary N) is 1. The van der Waals surface area contributed by atoms with Crippen LogP contribution in [0.2, 0.25) is 0 Å². The van der Waals surface area contributed by atoms with Gasteiger partial charge < -0.3 is 15.8 Å². The van der Waals surface area contributed by atoms with Crippen LogP contribution in [-0.4, -0.2) is 30.4 Å². The molecule has 3 N–H and O–H groups in total. The SMILES string of the molecule is NC(=O)[C@H]1CCCC[C@H]1C(=O)N[C@H]1CCOC1=O. The summed E-state index contributed by atoms with van der Waals surface area (Å²) in [6.45, 7) is 0.341. The van der Waals surface area contributed by atoms with Crippen molar-refractivity contribution >= 4 is 17.8 Å². The number of hydrogen-bond donors (Lipinski definition) is 2. The largest absolute Gasteiger partial charge is 0.464 e. The highest BCUT2D eigenvalue weighted by Crippen LogP contribution is 2.30. The Balaban J connectivity index is 1.97. The standard InChI is InChI=1S/C12H18N2O4/c13-10(15)7-3-1-2-4-8(7)11(16)14-9-5-6-18-12(9)17/h7-9H,1-6H2,(H2,13,15)(H,14,16)/t7-,8+,9-/m0/s1. The Labute approximate surface area is 105 Å². The zero-order valence-corrected chi connectivity index (χ0v) is 10.2. The van der Waals surface area contributed by atoms with E-state index in [4.69, 9.17) is 10.5 Å². The molecule has 0 spiro atoms. The molecule has 3 atom stereocenters. The van der Waals surface area contributed by atoms with E-state index in [2.05, 4.69) is 5.32 Å². The summed E-state index contributed by atoms with van der Waals surface area (Å²) in [6, 6.07) is -0.562. The van der Waals surface area contributed by atoms with Crippen LogP contribution >= 0.6 is 0 Å². The predicted molar refractivity (Wildman–Crippen MR) is 62.1 cm³/mol. The third-order valence-electron chi connectivity index (χ3n) is 3.72. The van der Waals surface area contributed by atoms with Crippen LogP contribution in [0.1, 0.15) is 32.1 Å². The maximum absolute atomic E-state index is 12.1. The van der Waals surface area contributed by atoms with Gasteiger partial charge in [0.2, 0.25) is 11.8 Å². The zero-order valence-electron chi connectivity index (χ0n) is 10.2. The summed E-state index contributed by atoms with van der Waals surface area (Å²) in [5, 5.41) is 2.66. The normalized spacial score (nSPS) is 31.8. The van der Waals surface area contributed by atoms with Crippen molar-refractivity contribution in [1.29, 1.82) is 0 Å². The van der Waals surface area contributed by atoms with E-state index in [-0.39, 0.29) is 5.91 Å². The van der Waals surface area contributed by atoms with Gasteiger partial charge >= 0.3 is 5.97 Å². The summed E-state index contributed by atoms with van der Waals surface area (Å²) >= 11 is 0. The van der Waals surface area contributed by atoms with Crippen molar-refractivity contribution in [2.24, 2.45) is 17.6 Å². The Kier molecular flexibility index (Phi) is 3.84. The summed E-state index contributed by atoms with van der Waals surface area (Å²) in [6.07, 6.45) is 3.64. The van der Waals surface area contributed by atoms with E-state index in [0.29, 0.717) is 25.9 Å². The van der Waals surface area contributed by atoms with Crippen LogP contribution in [0.5, 0.6) is 0 Å². The third-order valence-corrected chi connectivity index (χ3v) is 3.72. The Bertz CT molecular complexity index is 369. The maximum atomic E-state index is 12.1. The highest BCUT2D eigenvalue weighted by Gasteiger charge is 2.37. The van der Waals surface area contributed by atoms with Crippen molar-refractivity contribution in [3.8, 4) is 0 Å². The minimum atomic E-state index is -0.562. The maximum Gasteiger partial charge on any atom is 0.328 e. The fourth-order valence-electron chi connectivity index (χ4n) is 2.69. The lowest BCUT2D eigenvalue weighted by Gasteiger charge is -2.28. The van der Waals surface area contributed by atoms with Crippen LogP contribution in [0.15, 0.2) is 0 Å². The van der Waals surface area contributed by atoms with E-state index in [0.717, 1.165) is 12.8 Å². The summed E-state index contributed by atoms with van der Waals surface area (Å²) in [5.41, 5.74) is 5.32. The highest BCUT2D eigenvalue weighted by atomic mass is 16.5. The average Bonchev–Trinajstić information content (AvgIpc) is 2.75. The highest BCUT2D eigenvalue weighted by molar-refractivity contribution is 5.90. The topological polar surface area (TPSA) is 98.5 Å². The first-order chi connectivity index (χ1) is 8.59. The van der Waals surface area contributed by atoms with E-state index in [1.54, 1.807) is 0 Å². The van der Waals surface area contributed by atoms with Gasteiger partial charge in [0.15, 0.2) is 0 Å². The molecule has 0 radical (unpaired) electrons. The minimum Gasteiger partial charge on any atom is -0.464 e. The molecule has 2 rings (SSSR count). The minimum absolute atomic E-state index is 0.248. The zero-order chi connectivity index (χ0) is 13.1. The second-order valence-corrected chi connectivity index (χ2v) is 4.92. The van der Waals surface area contributed by atoms with E-state index < -0.39 is 29.8 Å². The lowest BCUT2D eigenvalue weighted by molar-refractivity contribution is -0.142. The van der Waals surface area contributed by atoms with Crippen molar-refractivity contribution in [1.82, 2.24) is 5.32 Å². The van der Waals surface area contributed by atoms with Gasteiger partial charge in [0.25, 0.3) is 0 Å². The third kappa shape index (κ3) is 2.63. The van der Waals surface area contributed by atoms with Crippen LogP contribution < -0.4 is 11.1 Å². The Hall–Kier alpha value is -1.59. The van der Waals surface area contributed by atoms with Crippen LogP contribution in [0.25, 0.3) is 0 Å². The molecule has 1 saturated carbocycles. The van der Waals surface area contributed by atoms with Crippen molar-refractivity contribution in [2.45, 2.75) is 38.1 Å². The first-order valence-corrected chi connectivity index (χ1v) is 6.36. The number of ether oxygens (including phenoxy) is 1. The van der Waals surface area contributed by atoms with Crippen LogP contribution in [0.3, 0.4) is 0 Å². The lowest BCUT2D eigenvalue weighted by atomic mass is 9.78. The van der Waals surface area contributed by atoms with Gasteiger partial charge in [-0.2, -0.15) is 0 Å². The fraction of sp³-hybridized carbons (Fsp3) is 0.750. The molecule has 2 aliphatic rings. The molecule has 18 heavy (non-hydrogen) atoms. The molecule has 6 heteroatoms. The molecule has 1 aliphatic carbocycles. The van der Waals surface area contributed by atoms with Gasteiger partial charge in [-0.3, -0.25) is 9.59 Å². The molecule has 0 aromatic heterocycles. The van der Waals surface area contributed by atoms with Crippen LogP contribution in [0.4, 0.5) is 0 Å². The van der Waals surface area contributed by atoms with Gasteiger partial charge in [-0.25, -0.2) is 4.79 Å². The first-order valence-electron chi connectivity index (χ1n) is 6.36. The number of primary amides is 1. The Morgan fingerprint density at radius 2 is 1.83 bits per heavy atom. The number of carbonyl (C=O) groups is 3. The summed E-state index contributed by atoms with van der Waals surface area (Å²) in [7, 11) is 0. The second kappa shape index (κ2) is 5.37. The molecular formula is C12H18N2O4. The quantitative estimate of drug-likeness (QED) is 0.676. The number of amides is 2. The molecule has 2 amide bonds. The average molecular weight is 254 g/mol. The van der Waals surface area contributed by atoms with Crippen LogP contribution in [0, 0.1) is 11.8 Å². The first kappa shape index (κ1) is 12.9. The number of carbonyl (C=O) groups excluding carboxylic acids is 3. The van der Waals surface area contributed by atoms with Gasteiger partial charge in [-0.15, -0.1) is 0 Å². The smallest absolute Gasteiger partial charge is 0.328 e. The van der Waals surface area contributed by atoms with Crippen molar-refractivity contribution < 1.29 is 19.1 Å². The number of cyclic esters (lactones) is 1. The molecule has 2 fully saturated rings. The number of nitrogens with one attached hydrogen (secondary N) is 1. The van der Waals surface area contributed by atoms with Gasteiger partial charge in [0.1, 0.15) is 6.04 Å². The molecule has 0 aromatic rings.